The third-order valence-electron chi connectivity index (χ3n) is 1.10. The largest absolute Gasteiger partial charge is 0.453 e. The van der Waals surface area contributed by atoms with Crippen molar-refractivity contribution in [3.8, 4) is 0 Å². The minimum Gasteiger partial charge on any atom is -0.453 e. The fourth-order valence-corrected chi connectivity index (χ4v) is 0.530. The number of aliphatic hydroxyl groups is 2. The summed E-state index contributed by atoms with van der Waals surface area (Å²) >= 11 is 0. The number of aliphatic hydroxyl groups excluding tert-OH is 2. The van der Waals surface area contributed by atoms with Crippen LogP contribution in [0.25, 0.3) is 0 Å². The van der Waals surface area contributed by atoms with E-state index in [4.69, 9.17) is 19.7 Å². The van der Waals surface area contributed by atoms with Crippen molar-refractivity contribution in [2.45, 2.75) is 5.79 Å². The van der Waals surface area contributed by atoms with Gasteiger partial charge in [-0.3, -0.25) is 0 Å². The highest BCUT2D eigenvalue weighted by Gasteiger charge is 2.33. The summed E-state index contributed by atoms with van der Waals surface area (Å²) in [5.74, 6) is -1.22. The van der Waals surface area contributed by atoms with Gasteiger partial charge in [-0.25, -0.2) is 0 Å². The van der Waals surface area contributed by atoms with Gasteiger partial charge >= 0.3 is 0 Å². The summed E-state index contributed by atoms with van der Waals surface area (Å²) in [6.45, 7) is -0.701. The van der Waals surface area contributed by atoms with Crippen molar-refractivity contribution in [3.05, 3.63) is 12.5 Å². The van der Waals surface area contributed by atoms with Crippen LogP contribution in [0.5, 0.6) is 0 Å². The topological polar surface area (TPSA) is 58.9 Å². The van der Waals surface area contributed by atoms with Gasteiger partial charge in [0.1, 0.15) is 25.7 Å². The molecule has 1 rings (SSSR count). The molecule has 0 unspecified atom stereocenters. The average Bonchev–Trinajstić information content (AvgIpc) is 2.36. The maximum Gasteiger partial charge on any atom is 0.296 e. The zero-order valence-corrected chi connectivity index (χ0v) is 4.78. The van der Waals surface area contributed by atoms with Crippen LogP contribution in [0.1, 0.15) is 0 Å². The van der Waals surface area contributed by atoms with Crippen LogP contribution in [-0.4, -0.2) is 29.2 Å². The first-order valence-electron chi connectivity index (χ1n) is 2.55. The molecular weight excluding hydrogens is 124 g/mol. The van der Waals surface area contributed by atoms with Crippen molar-refractivity contribution >= 4 is 0 Å². The Morgan fingerprint density at radius 2 is 1.56 bits per heavy atom. The van der Waals surface area contributed by atoms with Crippen LogP contribution in [0.4, 0.5) is 0 Å². The highest BCUT2D eigenvalue weighted by atomic mass is 16.7. The molecule has 0 saturated heterocycles. The molecule has 1 aliphatic heterocycles. The summed E-state index contributed by atoms with van der Waals surface area (Å²) in [4.78, 5) is 0. The fourth-order valence-electron chi connectivity index (χ4n) is 0.530. The second-order valence-electron chi connectivity index (χ2n) is 1.73. The summed E-state index contributed by atoms with van der Waals surface area (Å²) in [5.41, 5.74) is 0. The Morgan fingerprint density at radius 1 is 1.11 bits per heavy atom. The fraction of sp³-hybridized carbons (Fsp3) is 0.600. The molecule has 0 atom stereocenters. The molecule has 0 aromatic rings. The lowest BCUT2D eigenvalue weighted by molar-refractivity contribution is -0.191. The molecule has 0 spiro atoms. The van der Waals surface area contributed by atoms with Gasteiger partial charge in [0.2, 0.25) is 0 Å². The van der Waals surface area contributed by atoms with Crippen LogP contribution in [0.2, 0.25) is 0 Å². The molecule has 0 aromatic heterocycles. The first-order chi connectivity index (χ1) is 4.33. The molecule has 0 amide bonds. The molecule has 0 fully saturated rings. The molecule has 4 nitrogen and oxygen atoms in total. The average molecular weight is 132 g/mol. The molecule has 0 aromatic carbocycles. The lowest BCUT2D eigenvalue weighted by Crippen LogP contribution is -2.38. The maximum atomic E-state index is 8.57. The molecule has 4 heteroatoms. The van der Waals surface area contributed by atoms with Gasteiger partial charge in [0.05, 0.1) is 0 Å². The van der Waals surface area contributed by atoms with E-state index in [0.717, 1.165) is 0 Å². The van der Waals surface area contributed by atoms with Gasteiger partial charge in [-0.2, -0.15) is 0 Å². The van der Waals surface area contributed by atoms with E-state index in [9.17, 15) is 0 Å². The SMILES string of the molecule is OCC1(CO)OC=CO1. The molecule has 0 bridgehead atoms. The standard InChI is InChI=1S/C5H8O4/c6-3-5(4-7)8-1-2-9-5/h1-2,6-7H,3-4H2. The van der Waals surface area contributed by atoms with E-state index in [0.29, 0.717) is 0 Å². The van der Waals surface area contributed by atoms with Gasteiger partial charge in [-0.1, -0.05) is 0 Å². The van der Waals surface area contributed by atoms with E-state index in [2.05, 4.69) is 0 Å². The van der Waals surface area contributed by atoms with E-state index in [-0.39, 0.29) is 13.2 Å². The zero-order chi connectivity index (χ0) is 6.74. The summed E-state index contributed by atoms with van der Waals surface area (Å²) in [5, 5.41) is 17.1. The normalized spacial score (nSPS) is 21.1. The molecule has 0 radical (unpaired) electrons. The van der Waals surface area contributed by atoms with Crippen LogP contribution < -0.4 is 0 Å². The number of rotatable bonds is 2. The lowest BCUT2D eigenvalue weighted by Gasteiger charge is -2.21. The van der Waals surface area contributed by atoms with E-state index in [1.165, 1.54) is 12.5 Å². The quantitative estimate of drug-likeness (QED) is 0.515. The Kier molecular flexibility index (Phi) is 1.59. The van der Waals surface area contributed by atoms with E-state index in [1.54, 1.807) is 0 Å². The second-order valence-corrected chi connectivity index (χ2v) is 1.73. The van der Waals surface area contributed by atoms with Gasteiger partial charge in [0.25, 0.3) is 5.79 Å². The first kappa shape index (κ1) is 6.38. The molecule has 9 heavy (non-hydrogen) atoms. The highest BCUT2D eigenvalue weighted by Crippen LogP contribution is 2.17. The Labute approximate surface area is 52.3 Å². The van der Waals surface area contributed by atoms with Gasteiger partial charge in [-0.15, -0.1) is 0 Å². The van der Waals surface area contributed by atoms with Gasteiger partial charge in [-0.05, 0) is 0 Å². The lowest BCUT2D eigenvalue weighted by atomic mass is 10.3. The van der Waals surface area contributed by atoms with Gasteiger partial charge < -0.3 is 19.7 Å². The Morgan fingerprint density at radius 3 is 1.78 bits per heavy atom. The van der Waals surface area contributed by atoms with Gasteiger partial charge in [0, 0.05) is 0 Å². The maximum absolute atomic E-state index is 8.57. The number of ether oxygens (including phenoxy) is 2. The monoisotopic (exact) mass is 132 g/mol. The summed E-state index contributed by atoms with van der Waals surface area (Å²) in [6, 6.07) is 0. The third-order valence-corrected chi connectivity index (χ3v) is 1.10. The first-order valence-corrected chi connectivity index (χ1v) is 2.55. The second kappa shape index (κ2) is 2.24. The van der Waals surface area contributed by atoms with Crippen LogP contribution in [0, 0.1) is 0 Å². The van der Waals surface area contributed by atoms with Crippen molar-refractivity contribution in [2.75, 3.05) is 13.2 Å². The smallest absolute Gasteiger partial charge is 0.296 e. The summed E-state index contributed by atoms with van der Waals surface area (Å²) < 4.78 is 9.47. The minimum atomic E-state index is -1.22. The predicted octanol–water partition coefficient (Wildman–Crippen LogP) is -0.815. The Hall–Kier alpha value is -0.740. The summed E-state index contributed by atoms with van der Waals surface area (Å²) in [7, 11) is 0. The summed E-state index contributed by atoms with van der Waals surface area (Å²) in [6.07, 6.45) is 2.57. The number of hydrogen-bond acceptors (Lipinski definition) is 4. The van der Waals surface area contributed by atoms with E-state index in [1.807, 2.05) is 0 Å². The van der Waals surface area contributed by atoms with E-state index < -0.39 is 5.79 Å². The highest BCUT2D eigenvalue weighted by molar-refractivity contribution is 4.82. The van der Waals surface area contributed by atoms with E-state index >= 15 is 0 Å². The molecule has 1 aliphatic rings. The minimum absolute atomic E-state index is 0.351. The number of hydrogen-bond donors (Lipinski definition) is 2. The van der Waals surface area contributed by atoms with Crippen LogP contribution in [-0.2, 0) is 9.47 Å². The molecule has 1 heterocycles. The Balaban J connectivity index is 2.50. The van der Waals surface area contributed by atoms with Crippen LogP contribution in [0.15, 0.2) is 12.5 Å². The van der Waals surface area contributed by atoms with Crippen molar-refractivity contribution < 1.29 is 19.7 Å². The van der Waals surface area contributed by atoms with Gasteiger partial charge in [0.15, 0.2) is 0 Å². The third kappa shape index (κ3) is 0.988. The van der Waals surface area contributed by atoms with Crippen molar-refractivity contribution in [1.29, 1.82) is 0 Å². The van der Waals surface area contributed by atoms with Crippen molar-refractivity contribution in [2.24, 2.45) is 0 Å². The predicted molar refractivity (Wildman–Crippen MR) is 28.2 cm³/mol. The molecular formula is C5H8O4. The molecule has 52 valence electrons. The van der Waals surface area contributed by atoms with Crippen molar-refractivity contribution in [1.82, 2.24) is 0 Å². The molecule has 0 aliphatic carbocycles. The molecule has 2 N–H and O–H groups in total. The zero-order valence-electron chi connectivity index (χ0n) is 4.78. The van der Waals surface area contributed by atoms with Crippen LogP contribution in [0.3, 0.4) is 0 Å². The van der Waals surface area contributed by atoms with Crippen LogP contribution >= 0.6 is 0 Å². The Bertz CT molecular complexity index is 106. The van der Waals surface area contributed by atoms with Crippen molar-refractivity contribution in [3.63, 3.8) is 0 Å². The molecule has 0 saturated carbocycles.